The molecule has 1 fully saturated rings. The predicted molar refractivity (Wildman–Crippen MR) is 125 cm³/mol. The molecule has 4 rings (SSSR count). The van der Waals surface area contributed by atoms with Gasteiger partial charge < -0.3 is 15.5 Å². The lowest BCUT2D eigenvalue weighted by Crippen LogP contribution is -2.46. The van der Waals surface area contributed by atoms with E-state index >= 15 is 0 Å². The Morgan fingerprint density at radius 2 is 2.03 bits per heavy atom. The van der Waals surface area contributed by atoms with E-state index in [4.69, 9.17) is 11.6 Å². The molecule has 2 N–H and O–H groups in total. The molecule has 1 aliphatic rings. The number of nitrogens with one attached hydrogen (secondary N) is 2. The van der Waals surface area contributed by atoms with Crippen molar-refractivity contribution in [2.45, 2.75) is 39.7 Å². The molecule has 0 aromatic carbocycles. The second-order valence-electron chi connectivity index (χ2n) is 8.16. The first-order chi connectivity index (χ1) is 14.9. The molecule has 3 aromatic rings. The summed E-state index contributed by atoms with van der Waals surface area (Å²) in [5.41, 5.74) is 2.23. The van der Waals surface area contributed by atoms with Crippen LogP contribution in [0.1, 0.15) is 31.0 Å². The Morgan fingerprint density at radius 3 is 2.71 bits per heavy atom. The largest absolute Gasteiger partial charge is 0.366 e. The van der Waals surface area contributed by atoms with E-state index in [2.05, 4.69) is 61.6 Å². The van der Waals surface area contributed by atoms with Crippen molar-refractivity contribution in [3.05, 3.63) is 46.9 Å². The van der Waals surface area contributed by atoms with E-state index in [9.17, 15) is 0 Å². The van der Waals surface area contributed by atoms with E-state index in [0.717, 1.165) is 37.4 Å². The van der Waals surface area contributed by atoms with Crippen LogP contribution >= 0.6 is 11.6 Å². The molecule has 2 unspecified atom stereocenters. The van der Waals surface area contributed by atoms with E-state index in [1.54, 1.807) is 10.9 Å². The fourth-order valence-corrected chi connectivity index (χ4v) is 4.08. The second-order valence-corrected chi connectivity index (χ2v) is 8.56. The van der Waals surface area contributed by atoms with E-state index in [1.807, 2.05) is 26.2 Å². The lowest BCUT2D eigenvalue weighted by Gasteiger charge is -2.39. The summed E-state index contributed by atoms with van der Waals surface area (Å²) >= 11 is 6.42. The molecule has 9 heteroatoms. The van der Waals surface area contributed by atoms with Gasteiger partial charge in [0.1, 0.15) is 10.8 Å². The smallest absolute Gasteiger partial charge is 0.230 e. The van der Waals surface area contributed by atoms with Crippen LogP contribution in [-0.2, 0) is 7.05 Å². The average Bonchev–Trinajstić information content (AvgIpc) is 3.08. The molecule has 3 aromatic heterocycles. The maximum Gasteiger partial charge on any atom is 0.230 e. The number of pyridine rings is 1. The zero-order valence-electron chi connectivity index (χ0n) is 18.4. The first-order valence-electron chi connectivity index (χ1n) is 10.7. The van der Waals surface area contributed by atoms with Crippen LogP contribution in [0.2, 0.25) is 5.02 Å². The van der Waals surface area contributed by atoms with Crippen molar-refractivity contribution in [3.63, 3.8) is 0 Å². The van der Waals surface area contributed by atoms with Crippen LogP contribution in [0.5, 0.6) is 0 Å². The van der Waals surface area contributed by atoms with E-state index in [0.29, 0.717) is 28.5 Å². The van der Waals surface area contributed by atoms with Crippen molar-refractivity contribution in [1.29, 1.82) is 0 Å². The number of anilines is 4. The van der Waals surface area contributed by atoms with E-state index in [1.165, 1.54) is 5.56 Å². The van der Waals surface area contributed by atoms with Gasteiger partial charge in [-0.1, -0.05) is 24.6 Å². The maximum absolute atomic E-state index is 6.42. The SMILES string of the molecule is CCC1CN(c2ccc(C)cn2)CCC1Nc1nc(Nc2cc(C)n(C)n2)ncc1Cl. The van der Waals surface area contributed by atoms with Gasteiger partial charge in [-0.2, -0.15) is 10.1 Å². The molecule has 0 spiro atoms. The molecule has 0 saturated carbocycles. The Balaban J connectivity index is 1.46. The van der Waals surface area contributed by atoms with Crippen LogP contribution in [-0.4, -0.2) is 43.9 Å². The van der Waals surface area contributed by atoms with Crippen LogP contribution in [0.3, 0.4) is 0 Å². The van der Waals surface area contributed by atoms with Crippen LogP contribution < -0.4 is 15.5 Å². The molecule has 0 bridgehead atoms. The van der Waals surface area contributed by atoms with Crippen molar-refractivity contribution in [3.8, 4) is 0 Å². The fourth-order valence-electron chi connectivity index (χ4n) is 3.93. The summed E-state index contributed by atoms with van der Waals surface area (Å²) in [6.45, 7) is 8.17. The zero-order valence-corrected chi connectivity index (χ0v) is 19.2. The third kappa shape index (κ3) is 4.90. The average molecular weight is 441 g/mol. The molecule has 31 heavy (non-hydrogen) atoms. The van der Waals surface area contributed by atoms with Gasteiger partial charge in [0.05, 0.1) is 6.20 Å². The van der Waals surface area contributed by atoms with E-state index in [-0.39, 0.29) is 6.04 Å². The number of halogens is 1. The maximum atomic E-state index is 6.42. The van der Waals surface area contributed by atoms with Gasteiger partial charge in [0, 0.05) is 44.1 Å². The topological polar surface area (TPSA) is 83.8 Å². The van der Waals surface area contributed by atoms with Crippen LogP contribution in [0.25, 0.3) is 0 Å². The van der Waals surface area contributed by atoms with Crippen molar-refractivity contribution in [2.24, 2.45) is 13.0 Å². The number of aryl methyl sites for hydroxylation is 3. The first kappa shape index (κ1) is 21.4. The van der Waals surface area contributed by atoms with Crippen LogP contribution in [0.4, 0.5) is 23.4 Å². The number of hydrogen-bond acceptors (Lipinski definition) is 7. The quantitative estimate of drug-likeness (QED) is 0.589. The second kappa shape index (κ2) is 9.09. The summed E-state index contributed by atoms with van der Waals surface area (Å²) < 4.78 is 1.81. The van der Waals surface area contributed by atoms with Gasteiger partial charge in [-0.05, 0) is 44.2 Å². The number of nitrogens with zero attached hydrogens (tertiary/aromatic N) is 6. The van der Waals surface area contributed by atoms with Gasteiger partial charge in [-0.3, -0.25) is 4.68 Å². The monoisotopic (exact) mass is 440 g/mol. The molecular weight excluding hydrogens is 412 g/mol. The van der Waals surface area contributed by atoms with Crippen molar-refractivity contribution < 1.29 is 0 Å². The predicted octanol–water partition coefficient (Wildman–Crippen LogP) is 4.34. The normalized spacial score (nSPS) is 18.8. The third-order valence-electron chi connectivity index (χ3n) is 5.90. The molecule has 164 valence electrons. The summed E-state index contributed by atoms with van der Waals surface area (Å²) in [7, 11) is 1.90. The highest BCUT2D eigenvalue weighted by Gasteiger charge is 2.29. The molecule has 1 saturated heterocycles. The number of piperidine rings is 1. The van der Waals surface area contributed by atoms with Gasteiger partial charge in [0.25, 0.3) is 0 Å². The number of hydrogen-bond donors (Lipinski definition) is 2. The Bertz CT molecular complexity index is 1010. The highest BCUT2D eigenvalue weighted by atomic mass is 35.5. The summed E-state index contributed by atoms with van der Waals surface area (Å²) in [4.78, 5) is 15.9. The Kier molecular flexibility index (Phi) is 6.27. The minimum absolute atomic E-state index is 0.282. The molecule has 0 amide bonds. The van der Waals surface area contributed by atoms with Crippen molar-refractivity contribution in [2.75, 3.05) is 28.6 Å². The Morgan fingerprint density at radius 1 is 1.19 bits per heavy atom. The van der Waals surface area contributed by atoms with Crippen LogP contribution in [0, 0.1) is 19.8 Å². The standard InChI is InChI=1S/C22H29ClN8/c1-5-16-13-31(20-7-6-14(2)11-24-20)9-8-18(16)26-21-17(23)12-25-22(28-21)27-19-10-15(3)30(4)29-19/h6-7,10-12,16,18H,5,8-9,13H2,1-4H3,(H2,25,26,27,28,29). The lowest BCUT2D eigenvalue weighted by molar-refractivity contribution is 0.365. The molecule has 1 aliphatic heterocycles. The van der Waals surface area contributed by atoms with Crippen molar-refractivity contribution >= 4 is 35.0 Å². The van der Waals surface area contributed by atoms with Gasteiger partial charge in [0.2, 0.25) is 5.95 Å². The molecule has 8 nitrogen and oxygen atoms in total. The summed E-state index contributed by atoms with van der Waals surface area (Å²) in [5.74, 6) is 3.33. The lowest BCUT2D eigenvalue weighted by atomic mass is 9.90. The van der Waals surface area contributed by atoms with Gasteiger partial charge >= 0.3 is 0 Å². The highest BCUT2D eigenvalue weighted by molar-refractivity contribution is 6.32. The summed E-state index contributed by atoms with van der Waals surface area (Å²) in [5, 5.41) is 11.7. The molecule has 0 radical (unpaired) electrons. The highest BCUT2D eigenvalue weighted by Crippen LogP contribution is 2.29. The minimum atomic E-state index is 0.282. The first-order valence-corrected chi connectivity index (χ1v) is 11.0. The molecular formula is C22H29ClN8. The number of aromatic nitrogens is 5. The van der Waals surface area contributed by atoms with Crippen molar-refractivity contribution in [1.82, 2.24) is 24.7 Å². The van der Waals surface area contributed by atoms with E-state index < -0.39 is 0 Å². The Hall–Kier alpha value is -2.87. The van der Waals surface area contributed by atoms with Gasteiger partial charge in [0.15, 0.2) is 11.6 Å². The van der Waals surface area contributed by atoms with Crippen LogP contribution in [0.15, 0.2) is 30.6 Å². The summed E-state index contributed by atoms with van der Waals surface area (Å²) in [6, 6.07) is 6.46. The fraction of sp³-hybridized carbons (Fsp3) is 0.455. The molecule has 0 aliphatic carbocycles. The minimum Gasteiger partial charge on any atom is -0.366 e. The van der Waals surface area contributed by atoms with Gasteiger partial charge in [-0.15, -0.1) is 0 Å². The van der Waals surface area contributed by atoms with Gasteiger partial charge in [-0.25, -0.2) is 9.97 Å². The summed E-state index contributed by atoms with van der Waals surface area (Å²) in [6.07, 6.45) is 5.60. The number of rotatable bonds is 6. The third-order valence-corrected chi connectivity index (χ3v) is 6.17. The Labute approximate surface area is 188 Å². The zero-order chi connectivity index (χ0) is 22.0. The molecule has 2 atom stereocenters. The molecule has 4 heterocycles.